The third kappa shape index (κ3) is 4.87. The molecule has 1 rings (SSSR count). The Morgan fingerprint density at radius 1 is 1.00 bits per heavy atom. The molecule has 0 heterocycles. The fraction of sp³-hybridized carbons (Fsp3) is 0.273. The van der Waals surface area contributed by atoms with Crippen LogP contribution in [0.25, 0.3) is 0 Å². The number of carbonyl (C=O) groups is 2. The van der Waals surface area contributed by atoms with Crippen LogP contribution in [0.3, 0.4) is 0 Å². The van der Waals surface area contributed by atoms with Crippen LogP contribution in [0.15, 0.2) is 30.3 Å². The largest absolute Gasteiger partial charge is 0.449 e. The summed E-state index contributed by atoms with van der Waals surface area (Å²) in [6.45, 7) is 0.0687. The Hall–Kier alpha value is -2.24. The Bertz CT molecular complexity index is 362. The van der Waals surface area contributed by atoms with Gasteiger partial charge in [0.15, 0.2) is 0 Å². The van der Waals surface area contributed by atoms with Crippen molar-refractivity contribution in [3.63, 3.8) is 0 Å². The van der Waals surface area contributed by atoms with Crippen LogP contribution in [0.5, 0.6) is 0 Å². The molecule has 0 aliphatic heterocycles. The molecule has 1 aromatic carbocycles. The minimum Gasteiger partial charge on any atom is -0.449 e. The van der Waals surface area contributed by atoms with Crippen molar-refractivity contribution in [2.24, 2.45) is 11.5 Å². The number of primary amides is 2. The van der Waals surface area contributed by atoms with Gasteiger partial charge in [0.25, 0.3) is 0 Å². The van der Waals surface area contributed by atoms with E-state index in [9.17, 15) is 9.59 Å². The number of carbonyl (C=O) groups excluding carboxylic acids is 2. The first-order valence-corrected chi connectivity index (χ1v) is 4.99. The van der Waals surface area contributed by atoms with Gasteiger partial charge in [0.1, 0.15) is 13.2 Å². The second kappa shape index (κ2) is 6.37. The highest BCUT2D eigenvalue weighted by atomic mass is 16.6. The van der Waals surface area contributed by atoms with Gasteiger partial charge in [-0.2, -0.15) is 0 Å². The lowest BCUT2D eigenvalue weighted by Gasteiger charge is -2.16. The summed E-state index contributed by atoms with van der Waals surface area (Å²) in [4.78, 5) is 21.1. The fourth-order valence-electron chi connectivity index (χ4n) is 1.33. The summed E-state index contributed by atoms with van der Waals surface area (Å²) in [6.07, 6.45) is -1.74. The third-order valence-electron chi connectivity index (χ3n) is 2.12. The van der Waals surface area contributed by atoms with Gasteiger partial charge >= 0.3 is 12.2 Å². The van der Waals surface area contributed by atoms with Gasteiger partial charge in [0, 0.05) is 0 Å². The maximum Gasteiger partial charge on any atom is 0.404 e. The van der Waals surface area contributed by atoms with Crippen LogP contribution in [0.4, 0.5) is 9.59 Å². The summed E-state index contributed by atoms with van der Waals surface area (Å²) < 4.78 is 9.39. The maximum absolute atomic E-state index is 10.5. The molecule has 6 nitrogen and oxygen atoms in total. The summed E-state index contributed by atoms with van der Waals surface area (Å²) in [5, 5.41) is 0. The molecule has 2 amide bonds. The first-order valence-electron chi connectivity index (χ1n) is 4.99. The van der Waals surface area contributed by atoms with Crippen molar-refractivity contribution >= 4 is 12.2 Å². The van der Waals surface area contributed by atoms with E-state index in [0.717, 1.165) is 5.56 Å². The molecular weight excluding hydrogens is 236 g/mol. The van der Waals surface area contributed by atoms with Crippen LogP contribution in [-0.2, 0) is 9.47 Å². The van der Waals surface area contributed by atoms with Crippen LogP contribution in [0, 0.1) is 0 Å². The molecule has 1 aromatic rings. The van der Waals surface area contributed by atoms with E-state index in [1.165, 1.54) is 0 Å². The number of amides is 2. The maximum atomic E-state index is 10.5. The molecule has 92 valence electrons. The average molecular weight is 250 g/mol. The Balaban J connectivity index is 2.64. The zero-order chi connectivity index (χ0) is 12.7. The van der Waals surface area contributed by atoms with Crippen molar-refractivity contribution in [1.29, 1.82) is 0 Å². The number of benzene rings is 1. The number of nitrogens with two attached hydrogens (primary N) is 2. The summed E-state index contributed by atoms with van der Waals surface area (Å²) in [6, 6.07) is 9.18. The molecule has 0 saturated carbocycles. The minimum absolute atomic E-state index is 0.0344. The molecule has 0 aliphatic carbocycles. The van der Waals surface area contributed by atoms with Crippen LogP contribution in [0.1, 0.15) is 11.5 Å². The number of hydrogen-bond donors (Lipinski definition) is 2. The fourth-order valence-corrected chi connectivity index (χ4v) is 1.33. The Labute approximate surface area is 98.5 Å². The third-order valence-corrected chi connectivity index (χ3v) is 2.12. The van der Waals surface area contributed by atoms with Gasteiger partial charge in [-0.15, -0.1) is 0 Å². The molecule has 0 aromatic heterocycles. The van der Waals surface area contributed by atoms with E-state index in [1.807, 2.05) is 30.3 Å². The Kier molecular flexibility index (Phi) is 4.80. The predicted molar refractivity (Wildman–Crippen MR) is 60.3 cm³/mol. The highest BCUT2D eigenvalue weighted by Crippen LogP contribution is 2.16. The van der Waals surface area contributed by atoms with Gasteiger partial charge < -0.3 is 20.9 Å². The zero-order valence-electron chi connectivity index (χ0n) is 9.17. The van der Waals surface area contributed by atoms with Crippen molar-refractivity contribution in [1.82, 2.24) is 0 Å². The van der Waals surface area contributed by atoms with Crippen molar-refractivity contribution in [2.75, 3.05) is 13.2 Å². The lowest BCUT2D eigenvalue weighted by Crippen LogP contribution is -2.23. The first-order chi connectivity index (χ1) is 8.09. The topological polar surface area (TPSA) is 105 Å². The molecule has 0 bridgehead atoms. The number of ether oxygens (including phenoxy) is 2. The van der Waals surface area contributed by atoms with Crippen LogP contribution in [0.2, 0.25) is 0 Å². The van der Waals surface area contributed by atoms with E-state index in [-0.39, 0.29) is 19.1 Å². The summed E-state index contributed by atoms with van der Waals surface area (Å²) in [7, 11) is 0. The Morgan fingerprint density at radius 3 is 1.88 bits per heavy atom. The normalized spacial score (nSPS) is 9.94. The van der Waals surface area contributed by atoms with Gasteiger partial charge in [0.05, 0.1) is 5.92 Å². The van der Waals surface area contributed by atoms with E-state index in [0.29, 0.717) is 0 Å². The second-order valence-electron chi connectivity index (χ2n) is 3.37. The lowest BCUT2D eigenvalue weighted by molar-refractivity contribution is 0.116. The van der Waals surface area contributed by atoms with Gasteiger partial charge in [-0.25, -0.2) is 9.59 Å². The minimum atomic E-state index is -0.870. The number of hydrogen-bond acceptors (Lipinski definition) is 4. The zero-order valence-corrected chi connectivity index (χ0v) is 9.17. The predicted octanol–water partition coefficient (Wildman–Crippen LogP) is 0.961. The van der Waals surface area contributed by atoms with Crippen LogP contribution in [-0.4, -0.2) is 25.4 Å². The SMILES string of the molecule is NC(=O)OCC(COC(N)=O)[14c]1[14cH][14cH][14cH][14cH][14cH]1. The Morgan fingerprint density at radius 2 is 1.47 bits per heavy atom. The van der Waals surface area contributed by atoms with Gasteiger partial charge in [0.2, 0.25) is 0 Å². The van der Waals surface area contributed by atoms with E-state index in [1.54, 1.807) is 0 Å². The lowest BCUT2D eigenvalue weighted by atomic mass is 10.3. The number of rotatable bonds is 5. The molecule has 0 fully saturated rings. The molecular formula is C11H14N2O4. The van der Waals surface area contributed by atoms with Crippen molar-refractivity contribution in [3.05, 3.63) is 35.9 Å². The second-order valence-corrected chi connectivity index (χ2v) is 3.37. The van der Waals surface area contributed by atoms with E-state index < -0.39 is 12.2 Å². The van der Waals surface area contributed by atoms with Gasteiger partial charge in [-0.05, 0) is 5.56 Å². The highest BCUT2D eigenvalue weighted by Gasteiger charge is 2.15. The van der Waals surface area contributed by atoms with Crippen molar-refractivity contribution in [3.8, 4) is 0 Å². The van der Waals surface area contributed by atoms with Gasteiger partial charge in [-0.3, -0.25) is 0 Å². The van der Waals surface area contributed by atoms with Crippen LogP contribution >= 0.6 is 0 Å². The quantitative estimate of drug-likeness (QED) is 0.811. The molecule has 17 heavy (non-hydrogen) atoms. The highest BCUT2D eigenvalue weighted by molar-refractivity contribution is 5.65. The summed E-state index contributed by atoms with van der Waals surface area (Å²) in [5.74, 6) is -0.281. The molecule has 0 aliphatic rings. The van der Waals surface area contributed by atoms with E-state index in [2.05, 4.69) is 0 Å². The van der Waals surface area contributed by atoms with Gasteiger partial charge in [-0.1, -0.05) is 30.3 Å². The monoisotopic (exact) mass is 250 g/mol. The molecule has 0 saturated heterocycles. The molecule has 0 atom stereocenters. The summed E-state index contributed by atoms with van der Waals surface area (Å²) >= 11 is 0. The molecule has 6 heteroatoms. The summed E-state index contributed by atoms with van der Waals surface area (Å²) in [5.41, 5.74) is 10.6. The molecule has 0 radical (unpaired) electrons. The molecule has 4 N–H and O–H groups in total. The standard InChI is InChI=1S/C11H14N2O4/c12-10(14)16-6-9(7-17-11(13)15)8-4-2-1-3-5-8/h1-5,9H,6-7H2,(H2,12,14)(H2,13,15)/i1+2,2+2,3+2,4+2,5+2,8+2. The first kappa shape index (κ1) is 12.8. The van der Waals surface area contributed by atoms with Crippen LogP contribution < -0.4 is 11.5 Å². The van der Waals surface area contributed by atoms with E-state index >= 15 is 0 Å². The average Bonchev–Trinajstić information content (AvgIpc) is 2.29. The molecule has 0 unspecified atom stereocenters. The van der Waals surface area contributed by atoms with E-state index in [4.69, 9.17) is 20.9 Å². The van der Waals surface area contributed by atoms with Crippen molar-refractivity contribution in [2.45, 2.75) is 5.92 Å². The smallest absolute Gasteiger partial charge is 0.404 e. The van der Waals surface area contributed by atoms with Crippen molar-refractivity contribution < 1.29 is 19.1 Å². The molecule has 0 spiro atoms.